The molecule has 1 heterocycles. The summed E-state index contributed by atoms with van der Waals surface area (Å²) in [6.07, 6.45) is 7.58. The summed E-state index contributed by atoms with van der Waals surface area (Å²) in [7, 11) is 0. The van der Waals surface area contributed by atoms with E-state index in [0.717, 1.165) is 53.0 Å². The molecule has 0 unspecified atom stereocenters. The number of aromatic nitrogens is 1. The fourth-order valence-corrected chi connectivity index (χ4v) is 4.53. The van der Waals surface area contributed by atoms with Gasteiger partial charge in [-0.05, 0) is 48.3 Å². The topological polar surface area (TPSA) is 70.4 Å². The lowest BCUT2D eigenvalue weighted by molar-refractivity contribution is -0.138. The number of thioether (sulfide) groups is 1. The number of pyridine rings is 1. The lowest BCUT2D eigenvalue weighted by Crippen LogP contribution is -2.11. The smallest absolute Gasteiger partial charge is 0.303 e. The third-order valence-corrected chi connectivity index (χ3v) is 6.68. The molecule has 1 aromatic carbocycles. The largest absolute Gasteiger partial charge is 0.481 e. The predicted octanol–water partition coefficient (Wildman–Crippen LogP) is 4.08. The normalized spacial score (nSPS) is 19.4. The van der Waals surface area contributed by atoms with E-state index in [4.69, 9.17) is 5.11 Å². The second-order valence-electron chi connectivity index (χ2n) is 7.34. The first kappa shape index (κ1) is 16.6. The molecule has 2 aromatic rings. The second-order valence-corrected chi connectivity index (χ2v) is 8.36. The summed E-state index contributed by atoms with van der Waals surface area (Å²) in [5.41, 5.74) is 2.48. The van der Waals surface area contributed by atoms with Gasteiger partial charge in [-0.1, -0.05) is 24.3 Å². The van der Waals surface area contributed by atoms with Gasteiger partial charge >= 0.3 is 5.97 Å². The number of carbonyl (C=O) groups is 1. The lowest BCUT2D eigenvalue weighted by Gasteiger charge is -2.15. The second kappa shape index (κ2) is 6.15. The monoisotopic (exact) mass is 355 g/mol. The summed E-state index contributed by atoms with van der Waals surface area (Å²) in [4.78, 5) is 16.4. The van der Waals surface area contributed by atoms with E-state index in [1.807, 2.05) is 36.5 Å². The molecule has 2 N–H and O–H groups in total. The highest BCUT2D eigenvalue weighted by atomic mass is 32.2. The van der Waals surface area contributed by atoms with Crippen LogP contribution in [0.25, 0.3) is 11.1 Å². The van der Waals surface area contributed by atoms with E-state index in [1.165, 1.54) is 0 Å². The SMILES string of the molecule is O=C(O)CC1(CSc2ccncc2-c2ccc(C3(O)CC3)cc2)CC1. The zero-order chi connectivity index (χ0) is 17.5. The van der Waals surface area contributed by atoms with E-state index in [0.29, 0.717) is 0 Å². The van der Waals surface area contributed by atoms with Gasteiger partial charge in [-0.15, -0.1) is 11.8 Å². The number of rotatable bonds is 7. The highest BCUT2D eigenvalue weighted by Crippen LogP contribution is 2.52. The first-order valence-electron chi connectivity index (χ1n) is 8.62. The number of hydrogen-bond acceptors (Lipinski definition) is 4. The molecule has 2 aliphatic rings. The van der Waals surface area contributed by atoms with Crippen molar-refractivity contribution >= 4 is 17.7 Å². The van der Waals surface area contributed by atoms with Crippen molar-refractivity contribution in [1.82, 2.24) is 4.98 Å². The van der Waals surface area contributed by atoms with Gasteiger partial charge in [0, 0.05) is 28.6 Å². The number of aliphatic hydroxyl groups is 1. The van der Waals surface area contributed by atoms with E-state index >= 15 is 0 Å². The van der Waals surface area contributed by atoms with Crippen molar-refractivity contribution in [2.45, 2.75) is 42.6 Å². The number of carboxylic acid groups (broad SMARTS) is 1. The van der Waals surface area contributed by atoms with E-state index < -0.39 is 11.6 Å². The third kappa shape index (κ3) is 3.58. The van der Waals surface area contributed by atoms with E-state index in [-0.39, 0.29) is 11.8 Å². The van der Waals surface area contributed by atoms with Crippen LogP contribution in [0.1, 0.15) is 37.7 Å². The molecule has 0 saturated heterocycles. The van der Waals surface area contributed by atoms with Crippen LogP contribution in [0.5, 0.6) is 0 Å². The van der Waals surface area contributed by atoms with Crippen LogP contribution in [0.3, 0.4) is 0 Å². The Morgan fingerprint density at radius 3 is 2.44 bits per heavy atom. The highest BCUT2D eigenvalue weighted by Gasteiger charge is 2.44. The molecule has 130 valence electrons. The molecule has 2 saturated carbocycles. The van der Waals surface area contributed by atoms with Crippen molar-refractivity contribution < 1.29 is 15.0 Å². The van der Waals surface area contributed by atoms with Crippen LogP contribution in [0.4, 0.5) is 0 Å². The molecule has 1 aromatic heterocycles. The van der Waals surface area contributed by atoms with Crippen molar-refractivity contribution in [3.63, 3.8) is 0 Å². The van der Waals surface area contributed by atoms with Gasteiger partial charge < -0.3 is 10.2 Å². The molecule has 0 aliphatic heterocycles. The van der Waals surface area contributed by atoms with Crippen molar-refractivity contribution in [3.05, 3.63) is 48.3 Å². The molecule has 2 fully saturated rings. The molecule has 5 heteroatoms. The number of hydrogen-bond donors (Lipinski definition) is 2. The molecule has 25 heavy (non-hydrogen) atoms. The molecule has 0 atom stereocenters. The van der Waals surface area contributed by atoms with Crippen LogP contribution in [0, 0.1) is 5.41 Å². The van der Waals surface area contributed by atoms with Crippen molar-refractivity contribution in [3.8, 4) is 11.1 Å². The van der Waals surface area contributed by atoms with Gasteiger partial charge in [0.15, 0.2) is 0 Å². The minimum absolute atomic E-state index is 0.0316. The maximum absolute atomic E-state index is 11.0. The minimum Gasteiger partial charge on any atom is -0.481 e. The summed E-state index contributed by atoms with van der Waals surface area (Å²) < 4.78 is 0. The lowest BCUT2D eigenvalue weighted by atomic mass is 10.0. The Hall–Kier alpha value is -1.85. The third-order valence-electron chi connectivity index (χ3n) is 5.26. The van der Waals surface area contributed by atoms with Crippen LogP contribution in [-0.4, -0.2) is 26.9 Å². The van der Waals surface area contributed by atoms with Gasteiger partial charge in [0.1, 0.15) is 0 Å². The molecular weight excluding hydrogens is 334 g/mol. The maximum atomic E-state index is 11.0. The number of benzene rings is 1. The van der Waals surface area contributed by atoms with Gasteiger partial charge in [0.25, 0.3) is 0 Å². The number of aliphatic carboxylic acids is 1. The highest BCUT2D eigenvalue weighted by molar-refractivity contribution is 7.99. The minimum atomic E-state index is -0.707. The zero-order valence-electron chi connectivity index (χ0n) is 13.9. The van der Waals surface area contributed by atoms with Gasteiger partial charge in [-0.3, -0.25) is 9.78 Å². The maximum Gasteiger partial charge on any atom is 0.303 e. The molecule has 4 rings (SSSR count). The van der Waals surface area contributed by atoms with E-state index in [1.54, 1.807) is 18.0 Å². The van der Waals surface area contributed by atoms with Crippen LogP contribution in [-0.2, 0) is 10.4 Å². The standard InChI is InChI=1S/C20H21NO3S/c22-18(23)11-19(6-7-19)13-25-17-5-10-21-12-16(17)14-1-3-15(4-2-14)20(24)8-9-20/h1-5,10,12,24H,6-9,11,13H2,(H,22,23). The summed E-state index contributed by atoms with van der Waals surface area (Å²) in [5, 5.41) is 19.3. The summed E-state index contributed by atoms with van der Waals surface area (Å²) in [5.74, 6) is 0.121. The van der Waals surface area contributed by atoms with Gasteiger partial charge in [-0.2, -0.15) is 0 Å². The summed E-state index contributed by atoms with van der Waals surface area (Å²) in [6.45, 7) is 0. The Kier molecular flexibility index (Phi) is 4.08. The zero-order valence-corrected chi connectivity index (χ0v) is 14.8. The molecule has 0 bridgehead atoms. The Morgan fingerprint density at radius 2 is 1.84 bits per heavy atom. The van der Waals surface area contributed by atoms with Crippen molar-refractivity contribution in [2.75, 3.05) is 5.75 Å². The Bertz CT molecular complexity index is 795. The average molecular weight is 355 g/mol. The van der Waals surface area contributed by atoms with Gasteiger partial charge in [-0.25, -0.2) is 0 Å². The molecular formula is C20H21NO3S. The van der Waals surface area contributed by atoms with Crippen LogP contribution in [0.2, 0.25) is 0 Å². The van der Waals surface area contributed by atoms with Crippen molar-refractivity contribution in [2.24, 2.45) is 5.41 Å². The molecule has 0 spiro atoms. The van der Waals surface area contributed by atoms with Crippen LogP contribution >= 0.6 is 11.8 Å². The molecule has 4 nitrogen and oxygen atoms in total. The predicted molar refractivity (Wildman–Crippen MR) is 97.4 cm³/mol. The van der Waals surface area contributed by atoms with E-state index in [2.05, 4.69) is 4.98 Å². The van der Waals surface area contributed by atoms with Crippen LogP contribution < -0.4 is 0 Å². The number of carboxylic acids is 1. The summed E-state index contributed by atoms with van der Waals surface area (Å²) in [6, 6.07) is 10.1. The van der Waals surface area contributed by atoms with Crippen molar-refractivity contribution in [1.29, 1.82) is 0 Å². The fraction of sp³-hybridized carbons (Fsp3) is 0.400. The average Bonchev–Trinajstić information content (AvgIpc) is 3.53. The number of nitrogens with zero attached hydrogens (tertiary/aromatic N) is 1. The van der Waals surface area contributed by atoms with Gasteiger partial charge in [0.05, 0.1) is 12.0 Å². The Balaban J connectivity index is 1.52. The summed E-state index contributed by atoms with van der Waals surface area (Å²) >= 11 is 1.72. The van der Waals surface area contributed by atoms with Gasteiger partial charge in [0.2, 0.25) is 0 Å². The van der Waals surface area contributed by atoms with E-state index in [9.17, 15) is 9.90 Å². The van der Waals surface area contributed by atoms with Crippen LogP contribution in [0.15, 0.2) is 47.6 Å². The first-order chi connectivity index (χ1) is 12.0. The first-order valence-corrected chi connectivity index (χ1v) is 9.60. The fourth-order valence-electron chi connectivity index (χ4n) is 3.19. The molecule has 2 aliphatic carbocycles. The quantitative estimate of drug-likeness (QED) is 0.733. The Morgan fingerprint density at radius 1 is 1.12 bits per heavy atom. The Labute approximate surface area is 151 Å². The molecule has 0 amide bonds. The molecule has 0 radical (unpaired) electrons.